The van der Waals surface area contributed by atoms with E-state index in [0.717, 1.165) is 66.7 Å². The quantitative estimate of drug-likeness (QED) is 0.109. The molecule has 0 radical (unpaired) electrons. The number of hydrogen-bond donors (Lipinski definition) is 1. The number of aromatic nitrogens is 2. The van der Waals surface area contributed by atoms with Crippen LogP contribution in [0.25, 0.3) is 32.5 Å². The van der Waals surface area contributed by atoms with Gasteiger partial charge in [-0.1, -0.05) is 48.0 Å². The van der Waals surface area contributed by atoms with Crippen LogP contribution in [0.15, 0.2) is 91.1 Å². The van der Waals surface area contributed by atoms with Crippen molar-refractivity contribution in [3.05, 3.63) is 119 Å². The lowest BCUT2D eigenvalue weighted by Gasteiger charge is -2.32. The summed E-state index contributed by atoms with van der Waals surface area (Å²) in [4.78, 5) is 22.3. The van der Waals surface area contributed by atoms with E-state index in [1.54, 1.807) is 31.5 Å². The maximum atomic E-state index is 14.1. The summed E-state index contributed by atoms with van der Waals surface area (Å²) in [5.74, 6) is 0.434. The van der Waals surface area contributed by atoms with Crippen molar-refractivity contribution in [2.24, 2.45) is 0 Å². The lowest BCUT2D eigenvalue weighted by Crippen LogP contribution is -2.45. The van der Waals surface area contributed by atoms with Crippen LogP contribution in [0, 0.1) is 12.7 Å². The number of aliphatic carboxylic acids is 1. The van der Waals surface area contributed by atoms with Gasteiger partial charge in [0.1, 0.15) is 36.3 Å². The molecule has 0 saturated carbocycles. The summed E-state index contributed by atoms with van der Waals surface area (Å²) < 4.78 is 43.4. The highest BCUT2D eigenvalue weighted by atomic mass is 35.5. The number of carboxylic acid groups (broad SMARTS) is 1. The molecular formula is C43H42ClFN4O6S. The zero-order chi connectivity index (χ0) is 39.2. The fraction of sp³-hybridized carbons (Fsp3) is 0.279. The summed E-state index contributed by atoms with van der Waals surface area (Å²) in [6.45, 7) is 7.47. The number of benzene rings is 4. The normalized spacial score (nSPS) is 14.1. The summed E-state index contributed by atoms with van der Waals surface area (Å²) in [5.41, 5.74) is 4.88. The van der Waals surface area contributed by atoms with Gasteiger partial charge in [0.05, 0.1) is 27.9 Å². The van der Waals surface area contributed by atoms with Gasteiger partial charge in [0.25, 0.3) is 0 Å². The molecule has 0 amide bonds. The highest BCUT2D eigenvalue weighted by molar-refractivity contribution is 7.13. The molecule has 4 aromatic carbocycles. The lowest BCUT2D eigenvalue weighted by atomic mass is 9.93. The number of halogens is 2. The summed E-state index contributed by atoms with van der Waals surface area (Å²) in [6.07, 6.45) is 0.359. The summed E-state index contributed by atoms with van der Waals surface area (Å²) in [6, 6.07) is 24.7. The third kappa shape index (κ3) is 8.89. The Hall–Kier alpha value is -5.27. The smallest absolute Gasteiger partial charge is 0.345 e. The van der Waals surface area contributed by atoms with Gasteiger partial charge in [0, 0.05) is 56.5 Å². The van der Waals surface area contributed by atoms with Crippen molar-refractivity contribution in [3.8, 4) is 45.5 Å². The van der Waals surface area contributed by atoms with Crippen molar-refractivity contribution < 1.29 is 33.2 Å². The molecule has 290 valence electrons. The van der Waals surface area contributed by atoms with E-state index in [9.17, 15) is 14.3 Å². The average molecular weight is 797 g/mol. The number of rotatable bonds is 15. The van der Waals surface area contributed by atoms with Crippen LogP contribution in [0.3, 0.4) is 0 Å². The molecule has 0 aliphatic carbocycles. The first-order valence-corrected chi connectivity index (χ1v) is 19.4. The number of hydrogen-bond acceptors (Lipinski definition) is 10. The third-order valence-electron chi connectivity index (χ3n) is 9.94. The number of piperazine rings is 1. The van der Waals surface area contributed by atoms with Crippen molar-refractivity contribution >= 4 is 39.2 Å². The second-order valence-corrected chi connectivity index (χ2v) is 14.8. The highest BCUT2D eigenvalue weighted by Crippen LogP contribution is 2.46. The predicted octanol–water partition coefficient (Wildman–Crippen LogP) is 8.41. The van der Waals surface area contributed by atoms with Gasteiger partial charge in [0.2, 0.25) is 12.0 Å². The number of likely N-dealkylation sites (N-methyl/N-ethyl adjacent to an activating group) is 1. The molecule has 1 fully saturated rings. The Morgan fingerprint density at radius 2 is 1.71 bits per heavy atom. The highest BCUT2D eigenvalue weighted by Gasteiger charge is 2.28. The summed E-state index contributed by atoms with van der Waals surface area (Å²) >= 11 is 8.18. The Labute approximate surface area is 334 Å². The molecule has 10 nitrogen and oxygen atoms in total. The molecule has 1 aliphatic rings. The van der Waals surface area contributed by atoms with Crippen LogP contribution in [-0.4, -0.2) is 89.8 Å². The van der Waals surface area contributed by atoms with Gasteiger partial charge in [-0.25, -0.2) is 9.18 Å². The number of pyridine rings is 1. The SMILES string of the molecule is COc1ccc(COc2ccccc2CC(Oc2nsc3cnc(-c4ccc(F)cc4)c(-c4ccc(OCCN5CCN(C)CC5)c(Cl)c4C)c23)C(=O)O)cc1. The minimum Gasteiger partial charge on any atom is -0.497 e. The van der Waals surface area contributed by atoms with Crippen LogP contribution in [0.5, 0.6) is 23.1 Å². The van der Waals surface area contributed by atoms with Gasteiger partial charge in [-0.2, -0.15) is 4.37 Å². The first-order valence-electron chi connectivity index (χ1n) is 18.3. The molecule has 1 aliphatic heterocycles. The minimum absolute atomic E-state index is 0.00337. The van der Waals surface area contributed by atoms with E-state index in [0.29, 0.717) is 55.6 Å². The molecule has 1 atom stereocenters. The molecule has 13 heteroatoms. The fourth-order valence-electron chi connectivity index (χ4n) is 6.69. The van der Waals surface area contributed by atoms with Gasteiger partial charge >= 0.3 is 5.97 Å². The molecule has 1 saturated heterocycles. The Bertz CT molecular complexity index is 2300. The Morgan fingerprint density at radius 3 is 2.45 bits per heavy atom. The molecule has 0 bridgehead atoms. The molecule has 1 N–H and O–H groups in total. The molecule has 2 aromatic heterocycles. The standard InChI is InChI=1S/C43H42ClFN4O6S/c1-27-33(16-17-35(40(27)44)53-23-22-49-20-18-48(2)19-21-49)38-39-37(25-46-41(38)29-10-12-31(45)13-11-29)56-47-42(39)55-36(43(50)51)24-30-6-4-5-7-34(30)54-26-28-8-14-32(52-3)15-9-28/h4-17,25,36H,18-24,26H2,1-3H3,(H,50,51). The van der Waals surface area contributed by atoms with Gasteiger partial charge < -0.3 is 29.0 Å². The molecule has 6 aromatic rings. The maximum absolute atomic E-state index is 14.1. The van der Waals surface area contributed by atoms with E-state index >= 15 is 0 Å². The van der Waals surface area contributed by atoms with Crippen LogP contribution in [-0.2, 0) is 17.8 Å². The van der Waals surface area contributed by atoms with Crippen LogP contribution in [0.4, 0.5) is 4.39 Å². The zero-order valence-corrected chi connectivity index (χ0v) is 32.9. The first-order chi connectivity index (χ1) is 27.2. The van der Waals surface area contributed by atoms with Crippen molar-refractivity contribution in [3.63, 3.8) is 0 Å². The number of carboxylic acids is 1. The van der Waals surface area contributed by atoms with Gasteiger partial charge in [-0.3, -0.25) is 9.88 Å². The largest absolute Gasteiger partial charge is 0.497 e. The van der Waals surface area contributed by atoms with Crippen molar-refractivity contribution in [2.45, 2.75) is 26.1 Å². The number of carbonyl (C=O) groups is 1. The van der Waals surface area contributed by atoms with Crippen LogP contribution >= 0.6 is 23.1 Å². The molecular weight excluding hydrogens is 755 g/mol. The topological polar surface area (TPSA) is 106 Å². The third-order valence-corrected chi connectivity index (χ3v) is 11.2. The number of nitrogens with zero attached hydrogens (tertiary/aromatic N) is 4. The minimum atomic E-state index is -1.32. The fourth-order valence-corrected chi connectivity index (χ4v) is 7.61. The van der Waals surface area contributed by atoms with E-state index in [1.165, 1.54) is 12.1 Å². The Kier molecular flexibility index (Phi) is 12.3. The predicted molar refractivity (Wildman–Crippen MR) is 217 cm³/mol. The van der Waals surface area contributed by atoms with E-state index in [-0.39, 0.29) is 24.7 Å². The second-order valence-electron chi connectivity index (χ2n) is 13.7. The monoisotopic (exact) mass is 796 g/mol. The van der Waals surface area contributed by atoms with Crippen molar-refractivity contribution in [1.82, 2.24) is 19.2 Å². The molecule has 0 spiro atoms. The molecule has 56 heavy (non-hydrogen) atoms. The van der Waals surface area contributed by atoms with Gasteiger partial charge in [-0.05, 0) is 96.3 Å². The van der Waals surface area contributed by atoms with E-state index < -0.39 is 12.1 Å². The molecule has 1 unspecified atom stereocenters. The van der Waals surface area contributed by atoms with Crippen LogP contribution in [0.2, 0.25) is 5.02 Å². The summed E-state index contributed by atoms with van der Waals surface area (Å²) in [7, 11) is 3.74. The Balaban J connectivity index is 1.20. The van der Waals surface area contributed by atoms with Crippen molar-refractivity contribution in [1.29, 1.82) is 0 Å². The number of ether oxygens (including phenoxy) is 4. The summed E-state index contributed by atoms with van der Waals surface area (Å²) in [5, 5.41) is 11.5. The number of fused-ring (bicyclic) bond motifs is 1. The number of methoxy groups -OCH3 is 1. The average Bonchev–Trinajstić information content (AvgIpc) is 3.62. The Morgan fingerprint density at radius 1 is 0.964 bits per heavy atom. The second kappa shape index (κ2) is 17.7. The van der Waals surface area contributed by atoms with E-state index in [2.05, 4.69) is 21.2 Å². The van der Waals surface area contributed by atoms with E-state index in [1.807, 2.05) is 61.5 Å². The van der Waals surface area contributed by atoms with E-state index in [4.69, 9.17) is 35.5 Å². The zero-order valence-electron chi connectivity index (χ0n) is 31.3. The van der Waals surface area contributed by atoms with Crippen molar-refractivity contribution in [2.75, 3.05) is 53.5 Å². The van der Waals surface area contributed by atoms with Crippen LogP contribution < -0.4 is 18.9 Å². The molecule has 7 rings (SSSR count). The maximum Gasteiger partial charge on any atom is 0.345 e. The van der Waals surface area contributed by atoms with Gasteiger partial charge in [0.15, 0.2) is 0 Å². The first kappa shape index (κ1) is 39.0. The lowest BCUT2D eigenvalue weighted by molar-refractivity contribution is -0.145. The molecule has 3 heterocycles. The van der Waals surface area contributed by atoms with Gasteiger partial charge in [-0.15, -0.1) is 0 Å². The number of para-hydroxylation sites is 1. The van der Waals surface area contributed by atoms with Crippen LogP contribution in [0.1, 0.15) is 16.7 Å².